The van der Waals surface area contributed by atoms with Crippen molar-refractivity contribution in [2.45, 2.75) is 13.8 Å². The molecule has 0 spiro atoms. The summed E-state index contributed by atoms with van der Waals surface area (Å²) < 4.78 is 0.957. The van der Waals surface area contributed by atoms with Crippen LogP contribution in [-0.2, 0) is 0 Å². The number of allylic oxidation sites excluding steroid dienone is 4. The lowest BCUT2D eigenvalue weighted by Crippen LogP contribution is -1.75. The fourth-order valence-electron chi connectivity index (χ4n) is 0.530. The van der Waals surface area contributed by atoms with Gasteiger partial charge in [-0.3, -0.25) is 4.99 Å². The van der Waals surface area contributed by atoms with Crippen molar-refractivity contribution < 1.29 is 0 Å². The Labute approximate surface area is 81.7 Å². The quantitative estimate of drug-likeness (QED) is 0.419. The highest BCUT2D eigenvalue weighted by Crippen LogP contribution is 2.15. The fourth-order valence-corrected chi connectivity index (χ4v) is 0.849. The van der Waals surface area contributed by atoms with E-state index >= 15 is 0 Å². The molecule has 0 aliphatic rings. The maximum atomic E-state index is 4.14. The molecule has 0 heterocycles. The number of hydrogen-bond donors (Lipinski definition) is 0. The largest absolute Gasteiger partial charge is 0.260 e. The van der Waals surface area contributed by atoms with Gasteiger partial charge in [0.15, 0.2) is 0 Å². The third kappa shape index (κ3) is 4.95. The topological polar surface area (TPSA) is 12.4 Å². The van der Waals surface area contributed by atoms with Crippen molar-refractivity contribution in [2.75, 3.05) is 0 Å². The average molecular weight is 261 g/mol. The summed E-state index contributed by atoms with van der Waals surface area (Å²) in [6.45, 7) is 7.66. The summed E-state index contributed by atoms with van der Waals surface area (Å²) in [6, 6.07) is 0. The van der Waals surface area contributed by atoms with E-state index in [1.807, 2.05) is 32.1 Å². The molecule has 0 radical (unpaired) electrons. The van der Waals surface area contributed by atoms with Crippen LogP contribution in [-0.4, -0.2) is 6.21 Å². The Morgan fingerprint density at radius 1 is 1.45 bits per heavy atom. The van der Waals surface area contributed by atoms with Crippen LogP contribution >= 0.6 is 22.6 Å². The molecule has 1 nitrogen and oxygen atoms in total. The number of rotatable bonds is 3. The summed E-state index contributed by atoms with van der Waals surface area (Å²) >= 11 is 2.16. The summed E-state index contributed by atoms with van der Waals surface area (Å²) in [7, 11) is 0. The van der Waals surface area contributed by atoms with E-state index in [4.69, 9.17) is 0 Å². The van der Waals surface area contributed by atoms with Gasteiger partial charge in [-0.1, -0.05) is 18.7 Å². The zero-order valence-corrected chi connectivity index (χ0v) is 9.00. The maximum Gasteiger partial charge on any atom is 0.0752 e. The molecule has 0 fully saturated rings. The summed E-state index contributed by atoms with van der Waals surface area (Å²) in [5.74, 6) is 0. The first kappa shape index (κ1) is 10.6. The Balaban J connectivity index is 4.45. The van der Waals surface area contributed by atoms with Crippen LogP contribution in [0.4, 0.5) is 0 Å². The molecular formula is C9H12IN. The van der Waals surface area contributed by atoms with Crippen LogP contribution in [0.3, 0.4) is 0 Å². The van der Waals surface area contributed by atoms with E-state index in [1.54, 1.807) is 6.21 Å². The number of aliphatic imine (C=N–C) groups is 1. The molecule has 0 saturated heterocycles. The van der Waals surface area contributed by atoms with Crippen LogP contribution in [0.25, 0.3) is 0 Å². The standard InChI is InChI=1S/C9H12IN/c1-4-6-7-9(8(3)10)11-5-2/h4-7H,3H2,1-2H3/b6-4-,9-7+,11-5-. The van der Waals surface area contributed by atoms with Gasteiger partial charge >= 0.3 is 0 Å². The molecule has 11 heavy (non-hydrogen) atoms. The van der Waals surface area contributed by atoms with Gasteiger partial charge < -0.3 is 0 Å². The lowest BCUT2D eigenvalue weighted by molar-refractivity contribution is 1.41. The molecule has 0 aliphatic heterocycles. The Morgan fingerprint density at radius 2 is 2.09 bits per heavy atom. The van der Waals surface area contributed by atoms with Crippen molar-refractivity contribution in [1.29, 1.82) is 0 Å². The van der Waals surface area contributed by atoms with Crippen molar-refractivity contribution in [3.05, 3.63) is 34.1 Å². The first-order valence-corrected chi connectivity index (χ1v) is 4.46. The molecule has 0 N–H and O–H groups in total. The van der Waals surface area contributed by atoms with Crippen molar-refractivity contribution in [3.8, 4) is 0 Å². The van der Waals surface area contributed by atoms with Gasteiger partial charge in [0, 0.05) is 9.79 Å². The molecule has 2 heteroatoms. The summed E-state index contributed by atoms with van der Waals surface area (Å²) in [5.41, 5.74) is 0.922. The van der Waals surface area contributed by atoms with Crippen molar-refractivity contribution >= 4 is 28.8 Å². The third-order valence-electron chi connectivity index (χ3n) is 0.993. The van der Waals surface area contributed by atoms with Gasteiger partial charge in [0.2, 0.25) is 0 Å². The Hall–Kier alpha value is -0.380. The minimum Gasteiger partial charge on any atom is -0.260 e. The predicted octanol–water partition coefficient (Wildman–Crippen LogP) is 3.49. The molecular weight excluding hydrogens is 249 g/mol. The van der Waals surface area contributed by atoms with Gasteiger partial charge in [0.25, 0.3) is 0 Å². The SMILES string of the molecule is C=C(I)C(=C\C=C/C)/N=C\C. The third-order valence-corrected chi connectivity index (χ3v) is 1.55. The van der Waals surface area contributed by atoms with E-state index in [-0.39, 0.29) is 0 Å². The van der Waals surface area contributed by atoms with E-state index in [1.165, 1.54) is 0 Å². The van der Waals surface area contributed by atoms with Crippen LogP contribution in [0.1, 0.15) is 13.8 Å². The van der Waals surface area contributed by atoms with E-state index in [9.17, 15) is 0 Å². The Bertz CT molecular complexity index is 212. The Morgan fingerprint density at radius 3 is 2.45 bits per heavy atom. The Kier molecular flexibility index (Phi) is 6.12. The highest BCUT2D eigenvalue weighted by Gasteiger charge is 1.91. The zero-order valence-electron chi connectivity index (χ0n) is 6.84. The molecule has 0 aromatic carbocycles. The van der Waals surface area contributed by atoms with Crippen molar-refractivity contribution in [3.63, 3.8) is 0 Å². The highest BCUT2D eigenvalue weighted by atomic mass is 127. The van der Waals surface area contributed by atoms with Crippen LogP contribution in [0, 0.1) is 0 Å². The summed E-state index contributed by atoms with van der Waals surface area (Å²) in [5, 5.41) is 0. The van der Waals surface area contributed by atoms with Crippen molar-refractivity contribution in [2.24, 2.45) is 4.99 Å². The molecule has 0 aromatic rings. The van der Waals surface area contributed by atoms with E-state index in [0.717, 1.165) is 9.28 Å². The molecule has 0 amide bonds. The van der Waals surface area contributed by atoms with Crippen LogP contribution in [0.15, 0.2) is 39.1 Å². The smallest absolute Gasteiger partial charge is 0.0752 e. The molecule has 0 bridgehead atoms. The predicted molar refractivity (Wildman–Crippen MR) is 60.2 cm³/mol. The zero-order chi connectivity index (χ0) is 8.69. The van der Waals surface area contributed by atoms with Gasteiger partial charge in [-0.25, -0.2) is 0 Å². The van der Waals surface area contributed by atoms with E-state index in [2.05, 4.69) is 34.2 Å². The highest BCUT2D eigenvalue weighted by molar-refractivity contribution is 14.1. The molecule has 0 saturated carbocycles. The van der Waals surface area contributed by atoms with Gasteiger partial charge in [-0.15, -0.1) is 0 Å². The molecule has 0 atom stereocenters. The second-order valence-electron chi connectivity index (χ2n) is 1.87. The minimum atomic E-state index is 0.922. The van der Waals surface area contributed by atoms with Gasteiger partial charge in [-0.2, -0.15) is 0 Å². The van der Waals surface area contributed by atoms with E-state index < -0.39 is 0 Å². The lowest BCUT2D eigenvalue weighted by atomic mass is 10.4. The van der Waals surface area contributed by atoms with Crippen LogP contribution in [0.2, 0.25) is 0 Å². The summed E-state index contributed by atoms with van der Waals surface area (Å²) in [6.07, 6.45) is 7.62. The number of nitrogens with zero attached hydrogens (tertiary/aromatic N) is 1. The van der Waals surface area contributed by atoms with E-state index in [0.29, 0.717) is 0 Å². The molecule has 0 aromatic heterocycles. The first-order valence-electron chi connectivity index (χ1n) is 3.38. The van der Waals surface area contributed by atoms with Gasteiger partial charge in [-0.05, 0) is 42.5 Å². The normalized spacial score (nSPS) is 13.2. The van der Waals surface area contributed by atoms with Crippen molar-refractivity contribution in [1.82, 2.24) is 0 Å². The monoisotopic (exact) mass is 261 g/mol. The lowest BCUT2D eigenvalue weighted by Gasteiger charge is -1.94. The molecule has 0 rings (SSSR count). The second-order valence-corrected chi connectivity index (χ2v) is 3.17. The van der Waals surface area contributed by atoms with Gasteiger partial charge in [0.1, 0.15) is 0 Å². The second kappa shape index (κ2) is 6.34. The molecule has 0 unspecified atom stereocenters. The minimum absolute atomic E-state index is 0.922. The molecule has 0 aliphatic carbocycles. The first-order chi connectivity index (χ1) is 5.22. The van der Waals surface area contributed by atoms with Crippen LogP contribution < -0.4 is 0 Å². The fraction of sp³-hybridized carbons (Fsp3) is 0.222. The number of halogens is 1. The van der Waals surface area contributed by atoms with Crippen LogP contribution in [0.5, 0.6) is 0 Å². The molecule has 60 valence electrons. The maximum absolute atomic E-state index is 4.14. The average Bonchev–Trinajstić information content (AvgIpc) is 1.97. The summed E-state index contributed by atoms with van der Waals surface area (Å²) in [4.78, 5) is 4.14. The van der Waals surface area contributed by atoms with Gasteiger partial charge in [0.05, 0.1) is 5.70 Å². The number of hydrogen-bond acceptors (Lipinski definition) is 1.